The first-order chi connectivity index (χ1) is 8.65. The summed E-state index contributed by atoms with van der Waals surface area (Å²) in [6.45, 7) is 4.55. The Morgan fingerprint density at radius 1 is 1.17 bits per heavy atom. The van der Waals surface area contributed by atoms with Gasteiger partial charge in [-0.05, 0) is 45.1 Å². The number of nitrogens with zero attached hydrogens (tertiary/aromatic N) is 2. The van der Waals surface area contributed by atoms with E-state index in [0.717, 1.165) is 25.6 Å². The highest BCUT2D eigenvalue weighted by Gasteiger charge is 2.18. The van der Waals surface area contributed by atoms with Crippen LogP contribution in [0.25, 0.3) is 0 Å². The van der Waals surface area contributed by atoms with E-state index in [9.17, 15) is 0 Å². The largest absolute Gasteiger partial charge is 0.384 e. The van der Waals surface area contributed by atoms with Gasteiger partial charge in [-0.25, -0.2) is 0 Å². The van der Waals surface area contributed by atoms with Crippen molar-refractivity contribution in [1.29, 1.82) is 0 Å². The average molecular weight is 247 g/mol. The van der Waals surface area contributed by atoms with Crippen LogP contribution in [0.2, 0.25) is 0 Å². The number of anilines is 1. The number of benzene rings is 1. The molecule has 1 aliphatic heterocycles. The van der Waals surface area contributed by atoms with Crippen LogP contribution in [0.5, 0.6) is 0 Å². The van der Waals surface area contributed by atoms with Gasteiger partial charge in [-0.2, -0.15) is 0 Å². The van der Waals surface area contributed by atoms with E-state index in [1.807, 2.05) is 0 Å². The Bertz CT molecular complexity index is 376. The molecule has 1 heterocycles. The van der Waals surface area contributed by atoms with Gasteiger partial charge < -0.3 is 15.1 Å². The SMILES string of the molecule is CN(C)CCN(C)CC1CNc2ccccc2C1. The van der Waals surface area contributed by atoms with E-state index in [1.54, 1.807) is 0 Å². The molecule has 1 aromatic rings. The number of rotatable bonds is 5. The molecule has 0 saturated heterocycles. The van der Waals surface area contributed by atoms with Crippen molar-refractivity contribution in [3.8, 4) is 0 Å². The number of hydrogen-bond donors (Lipinski definition) is 1. The summed E-state index contributed by atoms with van der Waals surface area (Å²) >= 11 is 0. The zero-order chi connectivity index (χ0) is 13.0. The van der Waals surface area contributed by atoms with Crippen LogP contribution in [0.3, 0.4) is 0 Å². The quantitative estimate of drug-likeness (QED) is 0.855. The van der Waals surface area contributed by atoms with Crippen LogP contribution in [-0.4, -0.2) is 57.1 Å². The van der Waals surface area contributed by atoms with E-state index < -0.39 is 0 Å². The highest BCUT2D eigenvalue weighted by atomic mass is 15.2. The first-order valence-electron chi connectivity index (χ1n) is 6.80. The fourth-order valence-corrected chi connectivity index (χ4v) is 2.54. The highest BCUT2D eigenvalue weighted by molar-refractivity contribution is 5.53. The van der Waals surface area contributed by atoms with Crippen molar-refractivity contribution in [2.24, 2.45) is 5.92 Å². The molecule has 0 fully saturated rings. The molecule has 1 aliphatic rings. The summed E-state index contributed by atoms with van der Waals surface area (Å²) in [5.74, 6) is 0.729. The number of hydrogen-bond acceptors (Lipinski definition) is 3. The molecule has 1 aromatic carbocycles. The van der Waals surface area contributed by atoms with Gasteiger partial charge in [0.25, 0.3) is 0 Å². The first-order valence-corrected chi connectivity index (χ1v) is 6.80. The van der Waals surface area contributed by atoms with Crippen molar-refractivity contribution in [2.45, 2.75) is 6.42 Å². The van der Waals surface area contributed by atoms with E-state index >= 15 is 0 Å². The van der Waals surface area contributed by atoms with Crippen LogP contribution in [0.4, 0.5) is 5.69 Å². The molecule has 2 rings (SSSR count). The van der Waals surface area contributed by atoms with Crippen molar-refractivity contribution >= 4 is 5.69 Å². The van der Waals surface area contributed by atoms with Gasteiger partial charge in [-0.15, -0.1) is 0 Å². The first kappa shape index (κ1) is 13.4. The van der Waals surface area contributed by atoms with Gasteiger partial charge in [-0.1, -0.05) is 18.2 Å². The molecule has 100 valence electrons. The molecule has 0 radical (unpaired) electrons. The van der Waals surface area contributed by atoms with Crippen LogP contribution < -0.4 is 5.32 Å². The predicted molar refractivity (Wildman–Crippen MR) is 78.2 cm³/mol. The second-order valence-electron chi connectivity index (χ2n) is 5.67. The van der Waals surface area contributed by atoms with Crippen LogP contribution in [0, 0.1) is 5.92 Å². The summed E-state index contributed by atoms with van der Waals surface area (Å²) in [6.07, 6.45) is 1.20. The molecule has 0 spiro atoms. The lowest BCUT2D eigenvalue weighted by molar-refractivity contribution is 0.248. The molecule has 0 amide bonds. The lowest BCUT2D eigenvalue weighted by Crippen LogP contribution is -2.36. The molecule has 3 heteroatoms. The van der Waals surface area contributed by atoms with E-state index in [2.05, 4.69) is 60.5 Å². The normalized spacial score (nSPS) is 18.8. The molecule has 0 bridgehead atoms. The zero-order valence-electron chi connectivity index (χ0n) is 11.8. The molecular formula is C15H25N3. The van der Waals surface area contributed by atoms with Crippen molar-refractivity contribution in [2.75, 3.05) is 52.6 Å². The summed E-state index contributed by atoms with van der Waals surface area (Å²) < 4.78 is 0. The molecule has 1 unspecified atom stereocenters. The Morgan fingerprint density at radius 2 is 1.94 bits per heavy atom. The molecule has 18 heavy (non-hydrogen) atoms. The Labute approximate surface area is 111 Å². The molecule has 3 nitrogen and oxygen atoms in total. The van der Waals surface area contributed by atoms with Crippen molar-refractivity contribution in [3.05, 3.63) is 29.8 Å². The van der Waals surface area contributed by atoms with Gasteiger partial charge in [0, 0.05) is 31.9 Å². The van der Waals surface area contributed by atoms with Crippen LogP contribution in [0.15, 0.2) is 24.3 Å². The topological polar surface area (TPSA) is 18.5 Å². The second-order valence-corrected chi connectivity index (χ2v) is 5.67. The van der Waals surface area contributed by atoms with Crippen LogP contribution in [-0.2, 0) is 6.42 Å². The van der Waals surface area contributed by atoms with E-state index in [1.165, 1.54) is 24.2 Å². The second kappa shape index (κ2) is 6.21. The van der Waals surface area contributed by atoms with Gasteiger partial charge >= 0.3 is 0 Å². The Morgan fingerprint density at radius 3 is 2.72 bits per heavy atom. The molecule has 1 atom stereocenters. The molecule has 0 aliphatic carbocycles. The average Bonchev–Trinajstić information content (AvgIpc) is 2.36. The monoisotopic (exact) mass is 247 g/mol. The third kappa shape index (κ3) is 3.72. The van der Waals surface area contributed by atoms with E-state index in [-0.39, 0.29) is 0 Å². The maximum atomic E-state index is 3.55. The lowest BCUT2D eigenvalue weighted by atomic mass is 9.93. The van der Waals surface area contributed by atoms with Crippen molar-refractivity contribution in [3.63, 3.8) is 0 Å². The Hall–Kier alpha value is -1.06. The Balaban J connectivity index is 1.82. The van der Waals surface area contributed by atoms with E-state index in [4.69, 9.17) is 0 Å². The summed E-state index contributed by atoms with van der Waals surface area (Å²) in [5.41, 5.74) is 2.79. The predicted octanol–water partition coefficient (Wildman–Crippen LogP) is 1.76. The van der Waals surface area contributed by atoms with Gasteiger partial charge in [0.2, 0.25) is 0 Å². The van der Waals surface area contributed by atoms with Crippen LogP contribution in [0.1, 0.15) is 5.56 Å². The number of para-hydroxylation sites is 1. The van der Waals surface area contributed by atoms with Gasteiger partial charge in [0.05, 0.1) is 0 Å². The maximum absolute atomic E-state index is 3.55. The van der Waals surface area contributed by atoms with Crippen LogP contribution >= 0.6 is 0 Å². The minimum absolute atomic E-state index is 0.729. The van der Waals surface area contributed by atoms with Gasteiger partial charge in [-0.3, -0.25) is 0 Å². The third-order valence-corrected chi connectivity index (χ3v) is 3.61. The summed E-state index contributed by atoms with van der Waals surface area (Å²) in [7, 11) is 6.49. The highest BCUT2D eigenvalue weighted by Crippen LogP contribution is 2.24. The summed E-state index contributed by atoms with van der Waals surface area (Å²) in [6, 6.07) is 8.67. The van der Waals surface area contributed by atoms with Crippen molar-refractivity contribution < 1.29 is 0 Å². The van der Waals surface area contributed by atoms with E-state index in [0.29, 0.717) is 0 Å². The molecule has 0 aromatic heterocycles. The summed E-state index contributed by atoms with van der Waals surface area (Å²) in [5, 5.41) is 3.55. The van der Waals surface area contributed by atoms with Gasteiger partial charge in [0.1, 0.15) is 0 Å². The fourth-order valence-electron chi connectivity index (χ4n) is 2.54. The maximum Gasteiger partial charge on any atom is 0.0372 e. The standard InChI is InChI=1S/C15H25N3/c1-17(2)8-9-18(3)12-13-10-14-6-4-5-7-15(14)16-11-13/h4-7,13,16H,8-12H2,1-3H3. The minimum atomic E-state index is 0.729. The van der Waals surface area contributed by atoms with Crippen molar-refractivity contribution in [1.82, 2.24) is 9.80 Å². The zero-order valence-corrected chi connectivity index (χ0v) is 11.8. The molecular weight excluding hydrogens is 222 g/mol. The Kier molecular flexibility index (Phi) is 4.61. The number of fused-ring (bicyclic) bond motifs is 1. The third-order valence-electron chi connectivity index (χ3n) is 3.61. The summed E-state index contributed by atoms with van der Waals surface area (Å²) in [4.78, 5) is 4.69. The molecule has 1 N–H and O–H groups in total. The minimum Gasteiger partial charge on any atom is -0.384 e. The number of nitrogens with one attached hydrogen (secondary N) is 1. The lowest BCUT2D eigenvalue weighted by Gasteiger charge is -2.30. The number of likely N-dealkylation sites (N-methyl/N-ethyl adjacent to an activating group) is 2. The van der Waals surface area contributed by atoms with Gasteiger partial charge in [0.15, 0.2) is 0 Å². The molecule has 0 saturated carbocycles. The smallest absolute Gasteiger partial charge is 0.0372 e. The fraction of sp³-hybridized carbons (Fsp3) is 0.600.